The van der Waals surface area contributed by atoms with Gasteiger partial charge < -0.3 is 19.7 Å². The van der Waals surface area contributed by atoms with Gasteiger partial charge in [0.15, 0.2) is 0 Å². The maximum absolute atomic E-state index is 13.3. The molecule has 1 aliphatic rings. The highest BCUT2D eigenvalue weighted by Gasteiger charge is 2.46. The van der Waals surface area contributed by atoms with E-state index < -0.39 is 17.7 Å². The third-order valence-corrected chi connectivity index (χ3v) is 6.82. The molecule has 1 fully saturated rings. The van der Waals surface area contributed by atoms with Gasteiger partial charge in [-0.1, -0.05) is 48.0 Å². The lowest BCUT2D eigenvalue weighted by Gasteiger charge is -2.26. The van der Waals surface area contributed by atoms with Gasteiger partial charge in [0.25, 0.3) is 11.7 Å². The van der Waals surface area contributed by atoms with Gasteiger partial charge in [0, 0.05) is 34.2 Å². The van der Waals surface area contributed by atoms with Gasteiger partial charge in [-0.15, -0.1) is 0 Å². The minimum Gasteiger partial charge on any atom is -0.507 e. The van der Waals surface area contributed by atoms with Crippen molar-refractivity contribution in [2.24, 2.45) is 0 Å². The Hall–Kier alpha value is -4.03. The van der Waals surface area contributed by atoms with Crippen molar-refractivity contribution >= 4 is 40.0 Å². The number of carbonyl (C=O) groups excluding carboxylic acids is 2. The van der Waals surface area contributed by atoms with Gasteiger partial charge >= 0.3 is 0 Å². The number of ether oxygens (including phenoxy) is 1. The summed E-state index contributed by atoms with van der Waals surface area (Å²) < 4.78 is 5.48. The van der Waals surface area contributed by atoms with Gasteiger partial charge in [-0.2, -0.15) is 0 Å². The summed E-state index contributed by atoms with van der Waals surface area (Å²) in [6.07, 6.45) is 2.45. The number of benzene rings is 3. The number of ketones is 1. The fraction of sp³-hybridized carbons (Fsp3) is 0.172. The summed E-state index contributed by atoms with van der Waals surface area (Å²) in [5, 5.41) is 12.7. The number of carbonyl (C=O) groups is 2. The van der Waals surface area contributed by atoms with E-state index in [1.54, 1.807) is 48.5 Å². The number of nitrogens with zero attached hydrogens (tertiary/aromatic N) is 1. The molecule has 1 amide bonds. The number of hydrogen-bond donors (Lipinski definition) is 2. The van der Waals surface area contributed by atoms with Crippen LogP contribution in [0.1, 0.15) is 29.7 Å². The van der Waals surface area contributed by atoms with Crippen LogP contribution in [0.3, 0.4) is 0 Å². The summed E-state index contributed by atoms with van der Waals surface area (Å²) in [7, 11) is 0. The fourth-order valence-electron chi connectivity index (χ4n) is 4.74. The van der Waals surface area contributed by atoms with Crippen molar-refractivity contribution in [3.05, 3.63) is 106 Å². The largest absolute Gasteiger partial charge is 0.507 e. The number of para-hydroxylation sites is 1. The number of aromatic nitrogens is 1. The molecule has 4 aromatic rings. The summed E-state index contributed by atoms with van der Waals surface area (Å²) in [6.45, 7) is 2.68. The molecule has 0 saturated carbocycles. The number of aliphatic hydroxyl groups is 1. The number of aliphatic hydroxyl groups excluding tert-OH is 1. The number of rotatable bonds is 7. The minimum atomic E-state index is -0.810. The molecule has 36 heavy (non-hydrogen) atoms. The van der Waals surface area contributed by atoms with Crippen molar-refractivity contribution in [2.75, 3.05) is 13.2 Å². The number of fused-ring (bicyclic) bond motifs is 1. The monoisotopic (exact) mass is 500 g/mol. The molecule has 7 heteroatoms. The lowest BCUT2D eigenvalue weighted by atomic mass is 9.95. The summed E-state index contributed by atoms with van der Waals surface area (Å²) in [4.78, 5) is 31.3. The lowest BCUT2D eigenvalue weighted by molar-refractivity contribution is -0.139. The van der Waals surface area contributed by atoms with Crippen LogP contribution in [0.5, 0.6) is 5.75 Å². The van der Waals surface area contributed by atoms with Crippen molar-refractivity contribution < 1.29 is 19.4 Å². The van der Waals surface area contributed by atoms with Gasteiger partial charge in [-0.05, 0) is 60.9 Å². The highest BCUT2D eigenvalue weighted by atomic mass is 35.5. The van der Waals surface area contributed by atoms with E-state index in [2.05, 4.69) is 4.98 Å². The first-order valence-electron chi connectivity index (χ1n) is 11.8. The van der Waals surface area contributed by atoms with Crippen LogP contribution in [0.15, 0.2) is 84.6 Å². The molecule has 5 rings (SSSR count). The van der Waals surface area contributed by atoms with E-state index >= 15 is 0 Å². The molecule has 1 aromatic heterocycles. The highest BCUT2D eigenvalue weighted by molar-refractivity contribution is 6.47. The average Bonchev–Trinajstić information content (AvgIpc) is 3.42. The minimum absolute atomic E-state index is 0.0242. The van der Waals surface area contributed by atoms with E-state index in [1.165, 1.54) is 4.90 Å². The molecule has 3 aromatic carbocycles. The zero-order chi connectivity index (χ0) is 25.2. The summed E-state index contributed by atoms with van der Waals surface area (Å²) in [5.41, 5.74) is 3.08. The number of Topliss-reactive ketones (excluding diaryl/α,β-unsaturated/α-hetero) is 1. The van der Waals surface area contributed by atoms with Crippen LogP contribution < -0.4 is 4.74 Å². The summed E-state index contributed by atoms with van der Waals surface area (Å²) in [5.74, 6) is -0.982. The first-order valence-corrected chi connectivity index (χ1v) is 12.2. The van der Waals surface area contributed by atoms with Gasteiger partial charge in [0.1, 0.15) is 11.5 Å². The summed E-state index contributed by atoms with van der Waals surface area (Å²) in [6, 6.07) is 21.0. The maximum atomic E-state index is 13.3. The van der Waals surface area contributed by atoms with Crippen LogP contribution in [0.4, 0.5) is 0 Å². The van der Waals surface area contributed by atoms with Crippen molar-refractivity contribution in [1.82, 2.24) is 9.88 Å². The molecule has 1 atom stereocenters. The number of nitrogens with one attached hydrogen (secondary N) is 1. The number of hydrogen-bond acceptors (Lipinski definition) is 4. The molecular formula is C29H25ClN2O4. The molecule has 0 aliphatic carbocycles. The Kier molecular flexibility index (Phi) is 6.53. The van der Waals surface area contributed by atoms with Gasteiger partial charge in [0.05, 0.1) is 18.2 Å². The molecule has 2 N–H and O–H groups in total. The number of amides is 1. The van der Waals surface area contributed by atoms with Crippen LogP contribution in [0.2, 0.25) is 5.02 Å². The smallest absolute Gasteiger partial charge is 0.295 e. The van der Waals surface area contributed by atoms with Crippen molar-refractivity contribution in [3.8, 4) is 5.75 Å². The van der Waals surface area contributed by atoms with Gasteiger partial charge in [-0.3, -0.25) is 9.59 Å². The van der Waals surface area contributed by atoms with E-state index in [4.69, 9.17) is 16.3 Å². The molecule has 1 aliphatic heterocycles. The standard InChI is InChI=1S/C29H25ClN2O4/c1-2-36-20-13-11-18(12-14-20)27(33)25-26(22-8-3-5-9-23(22)30)32(29(35)28(25)34)16-15-19-17-31-24-10-6-4-7-21(19)24/h3-14,17,26,31,33H,2,15-16H2,1H3/t26-/m1/s1. The molecular weight excluding hydrogens is 476 g/mol. The first-order chi connectivity index (χ1) is 17.5. The first kappa shape index (κ1) is 23.7. The van der Waals surface area contributed by atoms with E-state index in [9.17, 15) is 14.7 Å². The van der Waals surface area contributed by atoms with Crippen LogP contribution in [0.25, 0.3) is 16.7 Å². The Morgan fingerprint density at radius 3 is 2.50 bits per heavy atom. The average molecular weight is 501 g/mol. The molecule has 6 nitrogen and oxygen atoms in total. The molecule has 182 valence electrons. The van der Waals surface area contributed by atoms with Gasteiger partial charge in [0.2, 0.25) is 0 Å². The fourth-order valence-corrected chi connectivity index (χ4v) is 4.98. The number of H-pyrrole nitrogens is 1. The van der Waals surface area contributed by atoms with Crippen molar-refractivity contribution in [1.29, 1.82) is 0 Å². The normalized spacial score (nSPS) is 17.2. The molecule has 0 unspecified atom stereocenters. The van der Waals surface area contributed by atoms with E-state index in [0.717, 1.165) is 16.5 Å². The Morgan fingerprint density at radius 1 is 1.03 bits per heavy atom. The number of halogens is 1. The second-order valence-corrected chi connectivity index (χ2v) is 8.99. The zero-order valence-electron chi connectivity index (χ0n) is 19.7. The quantitative estimate of drug-likeness (QED) is 0.188. The summed E-state index contributed by atoms with van der Waals surface area (Å²) >= 11 is 6.54. The number of aromatic amines is 1. The van der Waals surface area contributed by atoms with Crippen LogP contribution in [0, 0.1) is 0 Å². The topological polar surface area (TPSA) is 82.6 Å². The maximum Gasteiger partial charge on any atom is 0.295 e. The van der Waals surface area contributed by atoms with Crippen molar-refractivity contribution in [3.63, 3.8) is 0 Å². The van der Waals surface area contributed by atoms with E-state index in [-0.39, 0.29) is 17.9 Å². The van der Waals surface area contributed by atoms with Crippen LogP contribution in [-0.2, 0) is 16.0 Å². The lowest BCUT2D eigenvalue weighted by Crippen LogP contribution is -2.31. The second kappa shape index (κ2) is 9.91. The molecule has 0 spiro atoms. The number of likely N-dealkylation sites (tertiary alicyclic amines) is 1. The predicted octanol–water partition coefficient (Wildman–Crippen LogP) is 5.88. The third kappa shape index (κ3) is 4.25. The highest BCUT2D eigenvalue weighted by Crippen LogP contribution is 2.42. The Morgan fingerprint density at radius 2 is 1.75 bits per heavy atom. The predicted molar refractivity (Wildman–Crippen MR) is 140 cm³/mol. The SMILES string of the molecule is CCOc1ccc(C(O)=C2C(=O)C(=O)N(CCc3c[nH]c4ccccc34)[C@@H]2c2ccccc2Cl)cc1. The van der Waals surface area contributed by atoms with Gasteiger partial charge in [-0.25, -0.2) is 0 Å². The molecule has 0 bridgehead atoms. The zero-order valence-corrected chi connectivity index (χ0v) is 20.5. The Labute approximate surface area is 213 Å². The molecule has 2 heterocycles. The van der Waals surface area contributed by atoms with Crippen LogP contribution in [-0.4, -0.2) is 39.8 Å². The van der Waals surface area contributed by atoms with E-state index in [0.29, 0.717) is 34.9 Å². The Balaban J connectivity index is 1.55. The Bertz CT molecular complexity index is 1470. The third-order valence-electron chi connectivity index (χ3n) is 6.48. The van der Waals surface area contributed by atoms with E-state index in [1.807, 2.05) is 37.4 Å². The molecule has 1 saturated heterocycles. The van der Waals surface area contributed by atoms with Crippen LogP contribution >= 0.6 is 11.6 Å². The second-order valence-electron chi connectivity index (χ2n) is 8.58. The molecule has 0 radical (unpaired) electrons. The van der Waals surface area contributed by atoms with Crippen molar-refractivity contribution in [2.45, 2.75) is 19.4 Å².